The first-order valence-electron chi connectivity index (χ1n) is 11.1. The molecule has 4 rings (SSSR count). The summed E-state index contributed by atoms with van der Waals surface area (Å²) in [4.78, 5) is 26.3. The summed E-state index contributed by atoms with van der Waals surface area (Å²) in [6, 6.07) is 16.6. The van der Waals surface area contributed by atoms with Gasteiger partial charge in [-0.2, -0.15) is 4.31 Å². The number of sulfonamides is 1. The molecule has 9 heteroatoms. The Kier molecular flexibility index (Phi) is 7.45. The molecule has 0 radical (unpaired) electrons. The largest absolute Gasteiger partial charge is 0.462 e. The summed E-state index contributed by atoms with van der Waals surface area (Å²) in [5.74, 6) is -0.985. The summed E-state index contributed by atoms with van der Waals surface area (Å²) in [5, 5.41) is 4.99. The van der Waals surface area contributed by atoms with Crippen LogP contribution < -0.4 is 5.32 Å². The molecule has 0 saturated carbocycles. The zero-order valence-electron chi connectivity index (χ0n) is 18.8. The van der Waals surface area contributed by atoms with Crippen molar-refractivity contribution in [1.29, 1.82) is 0 Å². The Morgan fingerprint density at radius 3 is 2.41 bits per heavy atom. The highest BCUT2D eigenvalue weighted by molar-refractivity contribution is 7.89. The second-order valence-corrected chi connectivity index (χ2v) is 10.6. The molecule has 1 fully saturated rings. The molecule has 2 heterocycles. The first kappa shape index (κ1) is 24.1. The van der Waals surface area contributed by atoms with Crippen molar-refractivity contribution in [2.45, 2.75) is 37.1 Å². The molecule has 1 aromatic heterocycles. The molecule has 1 atom stereocenters. The van der Waals surface area contributed by atoms with Gasteiger partial charge >= 0.3 is 5.97 Å². The Labute approximate surface area is 203 Å². The number of piperidine rings is 1. The van der Waals surface area contributed by atoms with Gasteiger partial charge in [0.2, 0.25) is 15.9 Å². The minimum Gasteiger partial charge on any atom is -0.462 e. The van der Waals surface area contributed by atoms with Gasteiger partial charge in [0.25, 0.3) is 0 Å². The third-order valence-electron chi connectivity index (χ3n) is 5.70. The topological polar surface area (TPSA) is 92.8 Å². The van der Waals surface area contributed by atoms with E-state index in [1.54, 1.807) is 30.5 Å². The maximum atomic E-state index is 13.4. The number of amides is 1. The molecule has 0 spiro atoms. The molecule has 7 nitrogen and oxygen atoms in total. The summed E-state index contributed by atoms with van der Waals surface area (Å²) in [7, 11) is -3.84. The quantitative estimate of drug-likeness (QED) is 0.474. The van der Waals surface area contributed by atoms with Crippen LogP contribution in [0.2, 0.25) is 0 Å². The van der Waals surface area contributed by atoms with E-state index in [0.717, 1.165) is 12.0 Å². The number of anilines is 1. The standard InChI is InChI=1S/C25H26N2O5S2/c1-2-32-25(29)22-20(18-11-5-3-6-12-18)17-33-24(22)26-23(28)21-15-9-10-16-27(21)34(30,31)19-13-7-4-8-14-19/h3-8,11-14,17,21H,2,9-10,15-16H2,1H3,(H,26,28). The molecule has 34 heavy (non-hydrogen) atoms. The maximum absolute atomic E-state index is 13.4. The van der Waals surface area contributed by atoms with Crippen molar-refractivity contribution in [2.24, 2.45) is 0 Å². The zero-order valence-corrected chi connectivity index (χ0v) is 20.4. The van der Waals surface area contributed by atoms with Crippen LogP contribution in [0.5, 0.6) is 0 Å². The highest BCUT2D eigenvalue weighted by Gasteiger charge is 2.38. The number of rotatable bonds is 7. The van der Waals surface area contributed by atoms with E-state index < -0.39 is 27.9 Å². The van der Waals surface area contributed by atoms with Crippen LogP contribution in [0.25, 0.3) is 11.1 Å². The number of carbonyl (C=O) groups excluding carboxylic acids is 2. The summed E-state index contributed by atoms with van der Waals surface area (Å²) in [6.45, 7) is 2.18. The molecule has 0 aliphatic carbocycles. The lowest BCUT2D eigenvalue weighted by Gasteiger charge is -2.33. The lowest BCUT2D eigenvalue weighted by atomic mass is 10.0. The smallest absolute Gasteiger partial charge is 0.341 e. The van der Waals surface area contributed by atoms with E-state index in [4.69, 9.17) is 4.74 Å². The number of nitrogens with one attached hydrogen (secondary N) is 1. The third-order valence-corrected chi connectivity index (χ3v) is 8.52. The molecular formula is C25H26N2O5S2. The van der Waals surface area contributed by atoms with Crippen molar-refractivity contribution < 1.29 is 22.7 Å². The van der Waals surface area contributed by atoms with Gasteiger partial charge in [0, 0.05) is 17.5 Å². The van der Waals surface area contributed by atoms with Gasteiger partial charge in [-0.25, -0.2) is 13.2 Å². The van der Waals surface area contributed by atoms with E-state index in [1.165, 1.54) is 27.8 Å². The van der Waals surface area contributed by atoms with Gasteiger partial charge in [-0.05, 0) is 37.5 Å². The predicted molar refractivity (Wildman–Crippen MR) is 132 cm³/mol. The second-order valence-electron chi connectivity index (χ2n) is 7.87. The molecule has 1 N–H and O–H groups in total. The van der Waals surface area contributed by atoms with Gasteiger partial charge in [0.15, 0.2) is 0 Å². The molecule has 178 valence electrons. The first-order valence-corrected chi connectivity index (χ1v) is 13.5. The lowest BCUT2D eigenvalue weighted by molar-refractivity contribution is -0.120. The Morgan fingerprint density at radius 2 is 1.74 bits per heavy atom. The SMILES string of the molecule is CCOC(=O)c1c(-c2ccccc2)csc1NC(=O)C1CCCCN1S(=O)(=O)c1ccccc1. The molecule has 3 aromatic rings. The monoisotopic (exact) mass is 498 g/mol. The van der Waals surface area contributed by atoms with Crippen molar-refractivity contribution in [2.75, 3.05) is 18.5 Å². The van der Waals surface area contributed by atoms with Crippen LogP contribution >= 0.6 is 11.3 Å². The fourth-order valence-corrected chi connectivity index (χ4v) is 6.70. The van der Waals surface area contributed by atoms with Crippen LogP contribution in [-0.4, -0.2) is 43.8 Å². The highest BCUT2D eigenvalue weighted by Crippen LogP contribution is 2.37. The van der Waals surface area contributed by atoms with Crippen molar-refractivity contribution in [3.63, 3.8) is 0 Å². The fourth-order valence-electron chi connectivity index (χ4n) is 4.06. The number of hydrogen-bond acceptors (Lipinski definition) is 6. The van der Waals surface area contributed by atoms with Crippen LogP contribution in [0.4, 0.5) is 5.00 Å². The molecule has 1 unspecified atom stereocenters. The Balaban J connectivity index is 1.65. The number of carbonyl (C=O) groups is 2. The van der Waals surface area contributed by atoms with E-state index in [1.807, 2.05) is 30.3 Å². The summed E-state index contributed by atoms with van der Waals surface area (Å²) in [5.41, 5.74) is 1.77. The summed E-state index contributed by atoms with van der Waals surface area (Å²) >= 11 is 1.22. The number of ether oxygens (including phenoxy) is 1. The number of esters is 1. The van der Waals surface area contributed by atoms with E-state index in [2.05, 4.69) is 5.32 Å². The van der Waals surface area contributed by atoms with Gasteiger partial charge in [0.1, 0.15) is 16.6 Å². The third kappa shape index (κ3) is 4.91. The summed E-state index contributed by atoms with van der Waals surface area (Å²) < 4.78 is 33.1. The number of thiophene rings is 1. The van der Waals surface area contributed by atoms with Crippen LogP contribution in [0, 0.1) is 0 Å². The number of benzene rings is 2. The summed E-state index contributed by atoms with van der Waals surface area (Å²) in [6.07, 6.45) is 1.83. The van der Waals surface area contributed by atoms with Crippen molar-refractivity contribution in [1.82, 2.24) is 4.31 Å². The average molecular weight is 499 g/mol. The van der Waals surface area contributed by atoms with Crippen molar-refractivity contribution in [3.8, 4) is 11.1 Å². The molecule has 1 aliphatic rings. The van der Waals surface area contributed by atoms with Crippen molar-refractivity contribution in [3.05, 3.63) is 71.6 Å². The maximum Gasteiger partial charge on any atom is 0.341 e. The van der Waals surface area contributed by atoms with E-state index in [-0.39, 0.29) is 23.6 Å². The number of hydrogen-bond donors (Lipinski definition) is 1. The minimum absolute atomic E-state index is 0.157. The molecular weight excluding hydrogens is 472 g/mol. The lowest BCUT2D eigenvalue weighted by Crippen LogP contribution is -2.49. The molecule has 2 aromatic carbocycles. The van der Waals surface area contributed by atoms with Crippen LogP contribution in [-0.2, 0) is 19.6 Å². The fraction of sp³-hybridized carbons (Fsp3) is 0.280. The van der Waals surface area contributed by atoms with E-state index in [9.17, 15) is 18.0 Å². The van der Waals surface area contributed by atoms with Gasteiger partial charge in [0.05, 0.1) is 11.5 Å². The normalized spacial score (nSPS) is 16.7. The highest BCUT2D eigenvalue weighted by atomic mass is 32.2. The van der Waals surface area contributed by atoms with Gasteiger partial charge in [-0.3, -0.25) is 4.79 Å². The first-order chi connectivity index (χ1) is 16.4. The molecule has 1 aliphatic heterocycles. The van der Waals surface area contributed by atoms with E-state index in [0.29, 0.717) is 23.4 Å². The van der Waals surface area contributed by atoms with Gasteiger partial charge in [-0.1, -0.05) is 55.0 Å². The Hall–Kier alpha value is -3.01. The Bertz CT molecular complexity index is 1260. The zero-order chi connectivity index (χ0) is 24.1. The molecule has 1 amide bonds. The second kappa shape index (κ2) is 10.5. The van der Waals surface area contributed by atoms with Gasteiger partial charge < -0.3 is 10.1 Å². The Morgan fingerprint density at radius 1 is 1.06 bits per heavy atom. The van der Waals surface area contributed by atoms with Crippen molar-refractivity contribution >= 4 is 38.2 Å². The van der Waals surface area contributed by atoms with Crippen LogP contribution in [0.3, 0.4) is 0 Å². The van der Waals surface area contributed by atoms with Crippen LogP contribution in [0.15, 0.2) is 70.9 Å². The van der Waals surface area contributed by atoms with E-state index >= 15 is 0 Å². The number of nitrogens with zero attached hydrogens (tertiary/aromatic N) is 1. The van der Waals surface area contributed by atoms with Crippen LogP contribution in [0.1, 0.15) is 36.5 Å². The molecule has 0 bridgehead atoms. The average Bonchev–Trinajstić information content (AvgIpc) is 3.29. The minimum atomic E-state index is -3.84. The predicted octanol–water partition coefficient (Wildman–Crippen LogP) is 4.77. The molecule has 1 saturated heterocycles. The van der Waals surface area contributed by atoms with Gasteiger partial charge in [-0.15, -0.1) is 11.3 Å².